The van der Waals surface area contributed by atoms with Crippen LogP contribution in [0.2, 0.25) is 0 Å². The van der Waals surface area contributed by atoms with Gasteiger partial charge in [-0.25, -0.2) is 0 Å². The lowest BCUT2D eigenvalue weighted by atomic mass is 10.1. The molecular formula is C15H29NO3. The van der Waals surface area contributed by atoms with E-state index < -0.39 is 5.97 Å². The molecule has 0 aromatic carbocycles. The number of carbonyl (C=O) groups excluding carboxylic acids is 1. The van der Waals surface area contributed by atoms with Crippen LogP contribution >= 0.6 is 0 Å². The molecule has 0 rings (SSSR count). The van der Waals surface area contributed by atoms with E-state index in [-0.39, 0.29) is 12.3 Å². The molecule has 0 spiro atoms. The predicted octanol–water partition coefficient (Wildman–Crippen LogP) is 3.50. The molecule has 2 N–H and O–H groups in total. The summed E-state index contributed by atoms with van der Waals surface area (Å²) in [7, 11) is 0. The van der Waals surface area contributed by atoms with Gasteiger partial charge >= 0.3 is 5.97 Å². The molecule has 0 unspecified atom stereocenters. The van der Waals surface area contributed by atoms with Gasteiger partial charge < -0.3 is 10.4 Å². The third-order valence-corrected chi connectivity index (χ3v) is 3.15. The minimum absolute atomic E-state index is 0.101. The average molecular weight is 271 g/mol. The van der Waals surface area contributed by atoms with Gasteiger partial charge in [0, 0.05) is 19.4 Å². The number of carboxylic acid groups (broad SMARTS) is 1. The lowest BCUT2D eigenvalue weighted by Crippen LogP contribution is -2.23. The van der Waals surface area contributed by atoms with Gasteiger partial charge in [-0.15, -0.1) is 0 Å². The van der Waals surface area contributed by atoms with Crippen LogP contribution in [0.5, 0.6) is 0 Å². The van der Waals surface area contributed by atoms with Crippen LogP contribution in [-0.2, 0) is 9.59 Å². The van der Waals surface area contributed by atoms with Gasteiger partial charge in [0.15, 0.2) is 0 Å². The maximum absolute atomic E-state index is 11.4. The number of hydrogen-bond donors (Lipinski definition) is 2. The van der Waals surface area contributed by atoms with E-state index in [4.69, 9.17) is 5.11 Å². The number of hydrogen-bond acceptors (Lipinski definition) is 2. The summed E-state index contributed by atoms with van der Waals surface area (Å²) < 4.78 is 0. The highest BCUT2D eigenvalue weighted by Gasteiger charge is 2.01. The fourth-order valence-electron chi connectivity index (χ4n) is 1.96. The largest absolute Gasteiger partial charge is 0.481 e. The van der Waals surface area contributed by atoms with Crippen molar-refractivity contribution in [1.29, 1.82) is 0 Å². The van der Waals surface area contributed by atoms with Gasteiger partial charge in [0.1, 0.15) is 0 Å². The van der Waals surface area contributed by atoms with Crippen molar-refractivity contribution in [2.75, 3.05) is 6.54 Å². The average Bonchev–Trinajstić information content (AvgIpc) is 2.37. The summed E-state index contributed by atoms with van der Waals surface area (Å²) in [5.74, 6) is -0.656. The van der Waals surface area contributed by atoms with Gasteiger partial charge in [0.25, 0.3) is 0 Å². The number of carbonyl (C=O) groups is 2. The number of nitrogens with one attached hydrogen (secondary N) is 1. The van der Waals surface area contributed by atoms with Crippen LogP contribution in [0.15, 0.2) is 0 Å². The second-order valence-corrected chi connectivity index (χ2v) is 5.07. The third-order valence-electron chi connectivity index (χ3n) is 3.15. The first kappa shape index (κ1) is 17.9. The highest BCUT2D eigenvalue weighted by Crippen LogP contribution is 2.05. The van der Waals surface area contributed by atoms with E-state index in [1.54, 1.807) is 0 Å². The van der Waals surface area contributed by atoms with E-state index in [1.165, 1.54) is 32.1 Å². The lowest BCUT2D eigenvalue weighted by Gasteiger charge is -2.05. The molecule has 4 heteroatoms. The van der Waals surface area contributed by atoms with Crippen molar-refractivity contribution in [3.05, 3.63) is 0 Å². The number of aliphatic carboxylic acids is 1. The van der Waals surface area contributed by atoms with Crippen molar-refractivity contribution in [1.82, 2.24) is 5.32 Å². The number of rotatable bonds is 13. The van der Waals surface area contributed by atoms with E-state index in [0.29, 0.717) is 12.8 Å². The van der Waals surface area contributed by atoms with E-state index in [2.05, 4.69) is 12.2 Å². The van der Waals surface area contributed by atoms with Gasteiger partial charge in [-0.1, -0.05) is 45.4 Å². The molecule has 0 aromatic rings. The van der Waals surface area contributed by atoms with Crippen LogP contribution in [0.1, 0.15) is 77.6 Å². The first-order chi connectivity index (χ1) is 9.16. The van der Waals surface area contributed by atoms with Crippen molar-refractivity contribution in [2.45, 2.75) is 77.6 Å². The van der Waals surface area contributed by atoms with Crippen molar-refractivity contribution in [2.24, 2.45) is 0 Å². The standard InChI is InChI=1S/C15H29NO3/c1-2-3-4-5-6-10-13-16-14(17)11-8-7-9-12-15(18)19/h2-13H2,1H3,(H,16,17)(H,18,19). The van der Waals surface area contributed by atoms with Gasteiger partial charge in [0.2, 0.25) is 5.91 Å². The van der Waals surface area contributed by atoms with Gasteiger partial charge in [-0.05, 0) is 19.3 Å². The number of carboxylic acids is 1. The van der Waals surface area contributed by atoms with E-state index in [1.807, 2.05) is 0 Å². The van der Waals surface area contributed by atoms with Crippen LogP contribution < -0.4 is 5.32 Å². The Labute approximate surface area is 117 Å². The highest BCUT2D eigenvalue weighted by molar-refractivity contribution is 5.75. The predicted molar refractivity (Wildman–Crippen MR) is 77.1 cm³/mol. The Hall–Kier alpha value is -1.06. The molecule has 0 saturated carbocycles. The Bertz CT molecular complexity index is 242. The molecule has 0 aliphatic rings. The molecule has 0 aliphatic carbocycles. The zero-order valence-corrected chi connectivity index (χ0v) is 12.2. The van der Waals surface area contributed by atoms with Crippen LogP contribution in [-0.4, -0.2) is 23.5 Å². The third kappa shape index (κ3) is 14.9. The van der Waals surface area contributed by atoms with E-state index in [0.717, 1.165) is 25.8 Å². The molecule has 0 heterocycles. The molecule has 0 fully saturated rings. The van der Waals surface area contributed by atoms with Gasteiger partial charge in [0.05, 0.1) is 0 Å². The van der Waals surface area contributed by atoms with Crippen molar-refractivity contribution in [3.8, 4) is 0 Å². The Kier molecular flexibility index (Phi) is 12.6. The monoisotopic (exact) mass is 271 g/mol. The second-order valence-electron chi connectivity index (χ2n) is 5.07. The Balaban J connectivity index is 3.19. The minimum Gasteiger partial charge on any atom is -0.481 e. The zero-order chi connectivity index (χ0) is 14.3. The van der Waals surface area contributed by atoms with Crippen LogP contribution in [0.3, 0.4) is 0 Å². The topological polar surface area (TPSA) is 66.4 Å². The summed E-state index contributed by atoms with van der Waals surface area (Å²) in [6.07, 6.45) is 10.4. The first-order valence-electron chi connectivity index (χ1n) is 7.65. The molecule has 0 atom stereocenters. The van der Waals surface area contributed by atoms with Crippen molar-refractivity contribution >= 4 is 11.9 Å². The molecule has 0 aliphatic heterocycles. The molecular weight excluding hydrogens is 242 g/mol. The van der Waals surface area contributed by atoms with Crippen LogP contribution in [0, 0.1) is 0 Å². The summed E-state index contributed by atoms with van der Waals surface area (Å²) in [5.41, 5.74) is 0. The molecule has 4 nitrogen and oxygen atoms in total. The second kappa shape index (κ2) is 13.4. The normalized spacial score (nSPS) is 10.4. The number of amides is 1. The van der Waals surface area contributed by atoms with Gasteiger partial charge in [-0.2, -0.15) is 0 Å². The maximum Gasteiger partial charge on any atom is 0.303 e. The Morgan fingerprint density at radius 1 is 0.842 bits per heavy atom. The SMILES string of the molecule is CCCCCCCCNC(=O)CCCCCC(=O)O. The summed E-state index contributed by atoms with van der Waals surface area (Å²) in [4.78, 5) is 21.7. The molecule has 19 heavy (non-hydrogen) atoms. The molecule has 0 bridgehead atoms. The van der Waals surface area contributed by atoms with Crippen LogP contribution in [0.25, 0.3) is 0 Å². The van der Waals surface area contributed by atoms with Crippen molar-refractivity contribution in [3.63, 3.8) is 0 Å². The smallest absolute Gasteiger partial charge is 0.303 e. The van der Waals surface area contributed by atoms with Gasteiger partial charge in [-0.3, -0.25) is 9.59 Å². The summed E-state index contributed by atoms with van der Waals surface area (Å²) in [6, 6.07) is 0. The van der Waals surface area contributed by atoms with E-state index >= 15 is 0 Å². The molecule has 1 amide bonds. The van der Waals surface area contributed by atoms with Crippen LogP contribution in [0.4, 0.5) is 0 Å². The summed E-state index contributed by atoms with van der Waals surface area (Å²) in [6.45, 7) is 2.98. The quantitative estimate of drug-likeness (QED) is 0.504. The Morgan fingerprint density at radius 2 is 1.42 bits per heavy atom. The maximum atomic E-state index is 11.4. The molecule has 0 aromatic heterocycles. The summed E-state index contributed by atoms with van der Waals surface area (Å²) in [5, 5.41) is 11.4. The molecule has 112 valence electrons. The highest BCUT2D eigenvalue weighted by atomic mass is 16.4. The van der Waals surface area contributed by atoms with E-state index in [9.17, 15) is 9.59 Å². The number of unbranched alkanes of at least 4 members (excludes halogenated alkanes) is 7. The minimum atomic E-state index is -0.757. The molecule has 0 radical (unpaired) electrons. The van der Waals surface area contributed by atoms with Crippen molar-refractivity contribution < 1.29 is 14.7 Å². The fourth-order valence-corrected chi connectivity index (χ4v) is 1.96. The summed E-state index contributed by atoms with van der Waals surface area (Å²) >= 11 is 0. The first-order valence-corrected chi connectivity index (χ1v) is 7.65. The fraction of sp³-hybridized carbons (Fsp3) is 0.867. The lowest BCUT2D eigenvalue weighted by molar-refractivity contribution is -0.137. The molecule has 0 saturated heterocycles. The zero-order valence-electron chi connectivity index (χ0n) is 12.2. The Morgan fingerprint density at radius 3 is 2.11 bits per heavy atom.